The zero-order valence-electron chi connectivity index (χ0n) is 12.5. The summed E-state index contributed by atoms with van der Waals surface area (Å²) in [6, 6.07) is 12.3. The van der Waals surface area contributed by atoms with Crippen molar-refractivity contribution in [3.63, 3.8) is 0 Å². The first-order valence-corrected chi connectivity index (χ1v) is 8.47. The van der Waals surface area contributed by atoms with Crippen LogP contribution in [0.25, 0.3) is 10.1 Å². The predicted octanol–water partition coefficient (Wildman–Crippen LogP) is 2.96. The Kier molecular flexibility index (Phi) is 4.71. The average molecular weight is 313 g/mol. The van der Waals surface area contributed by atoms with Gasteiger partial charge < -0.3 is 4.90 Å². The molecule has 1 saturated heterocycles. The smallest absolute Gasteiger partial charge is 0.264 e. The number of nitriles is 1. The molecule has 0 atom stereocenters. The molecule has 1 aliphatic rings. The third-order valence-electron chi connectivity index (χ3n) is 4.06. The van der Waals surface area contributed by atoms with Gasteiger partial charge in [0.15, 0.2) is 0 Å². The number of hydrogen-bond donors (Lipinski definition) is 0. The molecule has 0 saturated carbocycles. The Balaban J connectivity index is 1.59. The van der Waals surface area contributed by atoms with E-state index in [-0.39, 0.29) is 5.91 Å². The quantitative estimate of drug-likeness (QED) is 0.815. The first-order chi connectivity index (χ1) is 10.8. The van der Waals surface area contributed by atoms with Crippen molar-refractivity contribution >= 4 is 27.3 Å². The second-order valence-corrected chi connectivity index (χ2v) is 6.63. The van der Waals surface area contributed by atoms with Gasteiger partial charge >= 0.3 is 0 Å². The van der Waals surface area contributed by atoms with Gasteiger partial charge in [-0.15, -0.1) is 11.3 Å². The van der Waals surface area contributed by atoms with E-state index in [9.17, 15) is 4.79 Å². The second-order valence-electron chi connectivity index (χ2n) is 5.54. The number of thiophene rings is 1. The highest BCUT2D eigenvalue weighted by Gasteiger charge is 2.23. The molecule has 1 amide bonds. The minimum atomic E-state index is 0.151. The van der Waals surface area contributed by atoms with Gasteiger partial charge in [0, 0.05) is 37.3 Å². The molecular formula is C17H19N3OS. The number of carbonyl (C=O) groups is 1. The van der Waals surface area contributed by atoms with Crippen molar-refractivity contribution in [2.75, 3.05) is 32.7 Å². The zero-order valence-corrected chi connectivity index (χ0v) is 13.3. The summed E-state index contributed by atoms with van der Waals surface area (Å²) in [7, 11) is 0. The molecule has 0 N–H and O–H groups in total. The molecule has 2 heterocycles. The molecular weight excluding hydrogens is 294 g/mol. The van der Waals surface area contributed by atoms with Gasteiger partial charge in [-0.05, 0) is 30.5 Å². The highest BCUT2D eigenvalue weighted by atomic mass is 32.1. The molecule has 0 spiro atoms. The van der Waals surface area contributed by atoms with E-state index in [4.69, 9.17) is 5.26 Å². The van der Waals surface area contributed by atoms with E-state index in [0.717, 1.165) is 49.4 Å². The molecule has 4 nitrogen and oxygen atoms in total. The molecule has 0 radical (unpaired) electrons. The number of piperazine rings is 1. The van der Waals surface area contributed by atoms with Crippen molar-refractivity contribution in [2.45, 2.75) is 12.8 Å². The number of hydrogen-bond acceptors (Lipinski definition) is 4. The summed E-state index contributed by atoms with van der Waals surface area (Å²) in [5, 5.41) is 9.72. The maximum absolute atomic E-state index is 12.6. The molecule has 0 bridgehead atoms. The normalized spacial score (nSPS) is 15.9. The Labute approximate surface area is 134 Å². The van der Waals surface area contributed by atoms with E-state index in [1.807, 2.05) is 23.1 Å². The predicted molar refractivity (Wildman–Crippen MR) is 89.0 cm³/mol. The van der Waals surface area contributed by atoms with E-state index in [1.165, 1.54) is 4.70 Å². The highest BCUT2D eigenvalue weighted by molar-refractivity contribution is 7.20. The molecule has 2 aromatic rings. The number of amides is 1. The van der Waals surface area contributed by atoms with Gasteiger partial charge in [0.2, 0.25) is 0 Å². The van der Waals surface area contributed by atoms with Crippen LogP contribution in [0, 0.1) is 11.3 Å². The van der Waals surface area contributed by atoms with E-state index < -0.39 is 0 Å². The van der Waals surface area contributed by atoms with Gasteiger partial charge in [-0.25, -0.2) is 0 Å². The van der Waals surface area contributed by atoms with Crippen LogP contribution in [0.5, 0.6) is 0 Å². The number of nitrogens with zero attached hydrogens (tertiary/aromatic N) is 3. The van der Waals surface area contributed by atoms with Gasteiger partial charge in [0.05, 0.1) is 10.9 Å². The van der Waals surface area contributed by atoms with Crippen molar-refractivity contribution in [1.82, 2.24) is 9.80 Å². The minimum absolute atomic E-state index is 0.151. The standard InChI is InChI=1S/C17H19N3OS/c18-7-3-4-8-19-9-11-20(12-10-19)17(21)16-13-14-5-1-2-6-15(14)22-16/h1-2,5-6,13H,3-4,8-12H2. The number of carbonyl (C=O) groups excluding carboxylic acids is 1. The summed E-state index contributed by atoms with van der Waals surface area (Å²) in [4.78, 5) is 17.7. The van der Waals surface area contributed by atoms with Crippen LogP contribution in [0.2, 0.25) is 0 Å². The fraction of sp³-hybridized carbons (Fsp3) is 0.412. The van der Waals surface area contributed by atoms with E-state index in [2.05, 4.69) is 23.1 Å². The summed E-state index contributed by atoms with van der Waals surface area (Å²) in [5.74, 6) is 0.151. The van der Waals surface area contributed by atoms with E-state index in [0.29, 0.717) is 6.42 Å². The van der Waals surface area contributed by atoms with Crippen molar-refractivity contribution in [1.29, 1.82) is 5.26 Å². The summed E-state index contributed by atoms with van der Waals surface area (Å²) < 4.78 is 1.17. The molecule has 1 fully saturated rings. The molecule has 1 aromatic carbocycles. The fourth-order valence-corrected chi connectivity index (χ4v) is 3.83. The van der Waals surface area contributed by atoms with Gasteiger partial charge in [-0.3, -0.25) is 9.69 Å². The first-order valence-electron chi connectivity index (χ1n) is 7.65. The van der Waals surface area contributed by atoms with Crippen LogP contribution in [-0.2, 0) is 0 Å². The molecule has 1 aromatic heterocycles. The lowest BCUT2D eigenvalue weighted by Crippen LogP contribution is -2.48. The Bertz CT molecular complexity index is 662. The molecule has 1 aliphatic heterocycles. The van der Waals surface area contributed by atoms with Gasteiger partial charge in [0.25, 0.3) is 5.91 Å². The third-order valence-corrected chi connectivity index (χ3v) is 5.16. The largest absolute Gasteiger partial charge is 0.335 e. The second kappa shape index (κ2) is 6.91. The molecule has 114 valence electrons. The Morgan fingerprint density at radius 1 is 1.23 bits per heavy atom. The maximum Gasteiger partial charge on any atom is 0.264 e. The summed E-state index contributed by atoms with van der Waals surface area (Å²) in [5.41, 5.74) is 0. The number of fused-ring (bicyclic) bond motifs is 1. The van der Waals surface area contributed by atoms with Gasteiger partial charge in [-0.2, -0.15) is 5.26 Å². The van der Waals surface area contributed by atoms with Crippen molar-refractivity contribution in [2.24, 2.45) is 0 Å². The lowest BCUT2D eigenvalue weighted by molar-refractivity contribution is 0.0641. The van der Waals surface area contributed by atoms with Crippen LogP contribution in [0.3, 0.4) is 0 Å². The van der Waals surface area contributed by atoms with Crippen molar-refractivity contribution in [3.05, 3.63) is 35.2 Å². The summed E-state index contributed by atoms with van der Waals surface area (Å²) in [6.45, 7) is 4.32. The first kappa shape index (κ1) is 15.0. The van der Waals surface area contributed by atoms with Crippen LogP contribution < -0.4 is 0 Å². The van der Waals surface area contributed by atoms with Crippen LogP contribution in [0.15, 0.2) is 30.3 Å². The van der Waals surface area contributed by atoms with Crippen molar-refractivity contribution < 1.29 is 4.79 Å². The van der Waals surface area contributed by atoms with E-state index >= 15 is 0 Å². The Morgan fingerprint density at radius 2 is 2.00 bits per heavy atom. The number of unbranched alkanes of at least 4 members (excludes halogenated alkanes) is 1. The average Bonchev–Trinajstić information content (AvgIpc) is 2.99. The van der Waals surface area contributed by atoms with Crippen LogP contribution in [-0.4, -0.2) is 48.4 Å². The fourth-order valence-electron chi connectivity index (χ4n) is 2.80. The zero-order chi connectivity index (χ0) is 15.4. The Morgan fingerprint density at radius 3 is 2.73 bits per heavy atom. The molecule has 0 aliphatic carbocycles. The lowest BCUT2D eigenvalue weighted by Gasteiger charge is -2.34. The van der Waals surface area contributed by atoms with Gasteiger partial charge in [0.1, 0.15) is 0 Å². The monoisotopic (exact) mass is 313 g/mol. The summed E-state index contributed by atoms with van der Waals surface area (Å²) in [6.07, 6.45) is 1.53. The lowest BCUT2D eigenvalue weighted by atomic mass is 10.2. The third kappa shape index (κ3) is 3.29. The van der Waals surface area contributed by atoms with Crippen LogP contribution in [0.1, 0.15) is 22.5 Å². The van der Waals surface area contributed by atoms with Crippen LogP contribution >= 0.6 is 11.3 Å². The van der Waals surface area contributed by atoms with Crippen molar-refractivity contribution in [3.8, 4) is 6.07 Å². The summed E-state index contributed by atoms with van der Waals surface area (Å²) >= 11 is 1.58. The topological polar surface area (TPSA) is 47.3 Å². The maximum atomic E-state index is 12.6. The molecule has 22 heavy (non-hydrogen) atoms. The SMILES string of the molecule is N#CCCCN1CCN(C(=O)c2cc3ccccc3s2)CC1. The number of benzene rings is 1. The van der Waals surface area contributed by atoms with E-state index in [1.54, 1.807) is 11.3 Å². The van der Waals surface area contributed by atoms with Crippen LogP contribution in [0.4, 0.5) is 0 Å². The highest BCUT2D eigenvalue weighted by Crippen LogP contribution is 2.26. The Hall–Kier alpha value is -1.90. The molecule has 3 rings (SSSR count). The minimum Gasteiger partial charge on any atom is -0.335 e. The van der Waals surface area contributed by atoms with Gasteiger partial charge in [-0.1, -0.05) is 18.2 Å². The number of rotatable bonds is 4. The molecule has 5 heteroatoms. The molecule has 0 unspecified atom stereocenters.